The van der Waals surface area contributed by atoms with Crippen LogP contribution in [0.1, 0.15) is 24.7 Å². The van der Waals surface area contributed by atoms with Gasteiger partial charge in [0.25, 0.3) is 5.89 Å². The van der Waals surface area contributed by atoms with Gasteiger partial charge in [-0.05, 0) is 37.0 Å². The van der Waals surface area contributed by atoms with Crippen molar-refractivity contribution in [2.24, 2.45) is 11.7 Å². The molecule has 0 saturated heterocycles. The molecule has 1 aromatic heterocycles. The molecular weight excluding hydrogens is 301 g/mol. The maximum absolute atomic E-state index is 13.7. The molecule has 1 saturated carbocycles. The number of nitrogens with two attached hydrogens (primary N) is 1. The fourth-order valence-corrected chi connectivity index (χ4v) is 2.17. The summed E-state index contributed by atoms with van der Waals surface area (Å²) in [6, 6.07) is 4.36. The Bertz CT molecular complexity index is 582. The van der Waals surface area contributed by atoms with E-state index >= 15 is 0 Å². The van der Waals surface area contributed by atoms with Crippen molar-refractivity contribution in [3.8, 4) is 11.5 Å². The highest BCUT2D eigenvalue weighted by atomic mass is 79.9. The van der Waals surface area contributed by atoms with E-state index in [1.807, 2.05) is 0 Å². The Kier molecular flexibility index (Phi) is 2.91. The van der Waals surface area contributed by atoms with Crippen LogP contribution in [0.25, 0.3) is 11.5 Å². The zero-order valence-electron chi connectivity index (χ0n) is 9.44. The average molecular weight is 312 g/mol. The molecule has 1 unspecified atom stereocenters. The van der Waals surface area contributed by atoms with Gasteiger partial charge in [0, 0.05) is 4.47 Å². The van der Waals surface area contributed by atoms with E-state index in [0.29, 0.717) is 11.7 Å². The summed E-state index contributed by atoms with van der Waals surface area (Å²) in [6.45, 7) is 0. The lowest BCUT2D eigenvalue weighted by Crippen LogP contribution is -2.13. The Morgan fingerprint density at radius 1 is 1.44 bits per heavy atom. The second-order valence-corrected chi connectivity index (χ2v) is 5.36. The number of nitrogens with zero attached hydrogens (tertiary/aromatic N) is 2. The summed E-state index contributed by atoms with van der Waals surface area (Å²) < 4.78 is 19.5. The lowest BCUT2D eigenvalue weighted by molar-refractivity contribution is 0.410. The van der Waals surface area contributed by atoms with Crippen molar-refractivity contribution in [2.45, 2.75) is 18.9 Å². The van der Waals surface area contributed by atoms with Gasteiger partial charge in [-0.1, -0.05) is 21.1 Å². The minimum Gasteiger partial charge on any atom is -0.334 e. The lowest BCUT2D eigenvalue weighted by Gasteiger charge is -2.02. The molecule has 2 aromatic rings. The topological polar surface area (TPSA) is 64.9 Å². The van der Waals surface area contributed by atoms with Crippen molar-refractivity contribution < 1.29 is 8.91 Å². The van der Waals surface area contributed by atoms with Crippen molar-refractivity contribution in [3.05, 3.63) is 34.3 Å². The molecule has 3 rings (SSSR count). The standard InChI is InChI=1S/C12H11BrFN3O/c13-7-3-4-9(14)8(5-7)12-16-11(17-18-12)10(15)6-1-2-6/h3-6,10H,1-2,15H2. The molecule has 1 aliphatic rings. The molecular formula is C12H11BrFN3O. The largest absolute Gasteiger partial charge is 0.334 e. The molecule has 0 spiro atoms. The van der Waals surface area contributed by atoms with Crippen LogP contribution in [-0.2, 0) is 0 Å². The van der Waals surface area contributed by atoms with E-state index in [-0.39, 0.29) is 17.5 Å². The van der Waals surface area contributed by atoms with Gasteiger partial charge in [0.2, 0.25) is 0 Å². The van der Waals surface area contributed by atoms with Crippen LogP contribution in [0.2, 0.25) is 0 Å². The van der Waals surface area contributed by atoms with Crippen molar-refractivity contribution >= 4 is 15.9 Å². The molecule has 18 heavy (non-hydrogen) atoms. The Balaban J connectivity index is 1.94. The van der Waals surface area contributed by atoms with Crippen LogP contribution < -0.4 is 5.73 Å². The highest BCUT2D eigenvalue weighted by molar-refractivity contribution is 9.10. The number of halogens is 2. The molecule has 1 heterocycles. The first-order chi connectivity index (χ1) is 8.65. The van der Waals surface area contributed by atoms with E-state index < -0.39 is 5.82 Å². The molecule has 94 valence electrons. The third-order valence-corrected chi connectivity index (χ3v) is 3.52. The van der Waals surface area contributed by atoms with E-state index in [4.69, 9.17) is 10.3 Å². The molecule has 1 aromatic carbocycles. The molecule has 1 fully saturated rings. The van der Waals surface area contributed by atoms with Gasteiger partial charge < -0.3 is 10.3 Å². The van der Waals surface area contributed by atoms with Crippen LogP contribution in [0.15, 0.2) is 27.2 Å². The summed E-state index contributed by atoms with van der Waals surface area (Å²) >= 11 is 3.28. The average Bonchev–Trinajstić information content (AvgIpc) is 3.09. The Labute approximate surface area is 112 Å². The number of aromatic nitrogens is 2. The predicted molar refractivity (Wildman–Crippen MR) is 67.0 cm³/mol. The third-order valence-electron chi connectivity index (χ3n) is 3.03. The van der Waals surface area contributed by atoms with E-state index in [0.717, 1.165) is 17.3 Å². The molecule has 0 amide bonds. The van der Waals surface area contributed by atoms with E-state index in [2.05, 4.69) is 26.1 Å². The van der Waals surface area contributed by atoms with Gasteiger partial charge in [-0.15, -0.1) is 0 Å². The second-order valence-electron chi connectivity index (χ2n) is 4.45. The Hall–Kier alpha value is -1.27. The summed E-state index contributed by atoms with van der Waals surface area (Å²) in [5, 5.41) is 3.83. The van der Waals surface area contributed by atoms with Gasteiger partial charge >= 0.3 is 0 Å². The SMILES string of the molecule is NC(c1noc(-c2cc(Br)ccc2F)n1)C1CC1. The van der Waals surface area contributed by atoms with Crippen molar-refractivity contribution in [3.63, 3.8) is 0 Å². The lowest BCUT2D eigenvalue weighted by atomic mass is 10.2. The molecule has 0 bridgehead atoms. The van der Waals surface area contributed by atoms with Crippen molar-refractivity contribution in [1.29, 1.82) is 0 Å². The van der Waals surface area contributed by atoms with Crippen molar-refractivity contribution in [1.82, 2.24) is 10.1 Å². The van der Waals surface area contributed by atoms with E-state index in [9.17, 15) is 4.39 Å². The first kappa shape index (κ1) is 11.8. The number of benzene rings is 1. The number of rotatable bonds is 3. The Morgan fingerprint density at radius 3 is 2.94 bits per heavy atom. The van der Waals surface area contributed by atoms with Gasteiger partial charge in [0.15, 0.2) is 5.82 Å². The maximum Gasteiger partial charge on any atom is 0.260 e. The zero-order chi connectivity index (χ0) is 12.7. The van der Waals surface area contributed by atoms with Crippen LogP contribution in [-0.4, -0.2) is 10.1 Å². The summed E-state index contributed by atoms with van der Waals surface area (Å²) in [5.41, 5.74) is 6.26. The fourth-order valence-electron chi connectivity index (χ4n) is 1.81. The zero-order valence-corrected chi connectivity index (χ0v) is 11.0. The molecule has 1 atom stereocenters. The molecule has 6 heteroatoms. The fraction of sp³-hybridized carbons (Fsp3) is 0.333. The highest BCUT2D eigenvalue weighted by Crippen LogP contribution is 2.39. The van der Waals surface area contributed by atoms with E-state index in [1.54, 1.807) is 12.1 Å². The van der Waals surface area contributed by atoms with Crippen molar-refractivity contribution in [2.75, 3.05) is 0 Å². The van der Waals surface area contributed by atoms with Gasteiger partial charge in [-0.3, -0.25) is 0 Å². The van der Waals surface area contributed by atoms with Crippen LogP contribution in [0.5, 0.6) is 0 Å². The normalized spacial score (nSPS) is 16.8. The van der Waals surface area contributed by atoms with Gasteiger partial charge in [0.05, 0.1) is 11.6 Å². The molecule has 0 aliphatic heterocycles. The quantitative estimate of drug-likeness (QED) is 0.946. The summed E-state index contributed by atoms with van der Waals surface area (Å²) in [4.78, 5) is 4.18. The number of hydrogen-bond acceptors (Lipinski definition) is 4. The minimum absolute atomic E-state index is 0.167. The number of hydrogen-bond donors (Lipinski definition) is 1. The van der Waals surface area contributed by atoms with Crippen LogP contribution in [0, 0.1) is 11.7 Å². The van der Waals surface area contributed by atoms with Gasteiger partial charge in [-0.25, -0.2) is 4.39 Å². The van der Waals surface area contributed by atoms with E-state index in [1.165, 1.54) is 6.07 Å². The third kappa shape index (κ3) is 2.18. The predicted octanol–water partition coefficient (Wildman–Crippen LogP) is 3.05. The molecule has 2 N–H and O–H groups in total. The summed E-state index contributed by atoms with van der Waals surface area (Å²) in [6.07, 6.45) is 2.19. The summed E-state index contributed by atoms with van der Waals surface area (Å²) in [5.74, 6) is 0.656. The molecule has 0 radical (unpaired) electrons. The smallest absolute Gasteiger partial charge is 0.260 e. The first-order valence-electron chi connectivity index (χ1n) is 5.70. The first-order valence-corrected chi connectivity index (χ1v) is 6.49. The maximum atomic E-state index is 13.7. The second kappa shape index (κ2) is 4.44. The van der Waals surface area contributed by atoms with Crippen LogP contribution >= 0.6 is 15.9 Å². The summed E-state index contributed by atoms with van der Waals surface area (Å²) in [7, 11) is 0. The monoisotopic (exact) mass is 311 g/mol. The van der Waals surface area contributed by atoms with Gasteiger partial charge in [-0.2, -0.15) is 4.98 Å². The minimum atomic E-state index is -0.395. The highest BCUT2D eigenvalue weighted by Gasteiger charge is 2.32. The van der Waals surface area contributed by atoms with Gasteiger partial charge in [0.1, 0.15) is 5.82 Å². The molecule has 1 aliphatic carbocycles. The van der Waals surface area contributed by atoms with Crippen LogP contribution in [0.3, 0.4) is 0 Å². The Morgan fingerprint density at radius 2 is 2.22 bits per heavy atom. The van der Waals surface area contributed by atoms with Crippen LogP contribution in [0.4, 0.5) is 4.39 Å². The molecule has 4 nitrogen and oxygen atoms in total.